The van der Waals surface area contributed by atoms with Gasteiger partial charge < -0.3 is 5.11 Å². The molecule has 0 unspecified atom stereocenters. The molecule has 0 bridgehead atoms. The Balaban J connectivity index is 2.46. The van der Waals surface area contributed by atoms with Crippen molar-refractivity contribution in [2.24, 2.45) is 5.92 Å². The summed E-state index contributed by atoms with van der Waals surface area (Å²) in [6.45, 7) is 4.15. The summed E-state index contributed by atoms with van der Waals surface area (Å²) in [6, 6.07) is 0. The summed E-state index contributed by atoms with van der Waals surface area (Å²) in [5.41, 5.74) is 0. The quantitative estimate of drug-likeness (QED) is 0.734. The van der Waals surface area contributed by atoms with Gasteiger partial charge in [0.1, 0.15) is 5.25 Å². The zero-order valence-corrected chi connectivity index (χ0v) is 11.1. The summed E-state index contributed by atoms with van der Waals surface area (Å²) < 4.78 is 0. The fourth-order valence-corrected chi connectivity index (χ4v) is 4.12. The molecule has 3 atom stereocenters. The van der Waals surface area contributed by atoms with Crippen molar-refractivity contribution in [2.75, 3.05) is 0 Å². The van der Waals surface area contributed by atoms with Gasteiger partial charge in [-0.3, -0.25) is 4.79 Å². The van der Waals surface area contributed by atoms with Crippen molar-refractivity contribution in [3.63, 3.8) is 0 Å². The Labute approximate surface area is 102 Å². The minimum Gasteiger partial charge on any atom is -0.480 e. The van der Waals surface area contributed by atoms with Crippen LogP contribution in [0.15, 0.2) is 0 Å². The number of rotatable bonds is 5. The number of thioether (sulfide) groups is 1. The lowest BCUT2D eigenvalue weighted by Crippen LogP contribution is -2.24. The first-order valence-electron chi connectivity index (χ1n) is 5.57. The minimum absolute atomic E-state index is 0.247. The first kappa shape index (κ1) is 13.2. The Morgan fingerprint density at radius 1 is 1.53 bits per heavy atom. The third-order valence-corrected chi connectivity index (χ3v) is 5.17. The molecule has 1 aliphatic rings. The molecular weight excluding hydrogens is 228 g/mol. The molecular formula is C11H20O2S2. The van der Waals surface area contributed by atoms with Crippen molar-refractivity contribution >= 4 is 30.4 Å². The van der Waals surface area contributed by atoms with E-state index in [-0.39, 0.29) is 5.25 Å². The second-order valence-electron chi connectivity index (χ2n) is 4.63. The van der Waals surface area contributed by atoms with Gasteiger partial charge in [0.15, 0.2) is 0 Å². The van der Waals surface area contributed by atoms with Gasteiger partial charge in [0.2, 0.25) is 0 Å². The smallest absolute Gasteiger partial charge is 0.316 e. The molecule has 0 saturated heterocycles. The van der Waals surface area contributed by atoms with Crippen LogP contribution in [0.3, 0.4) is 0 Å². The Bertz CT molecular complexity index is 219. The van der Waals surface area contributed by atoms with Gasteiger partial charge in [0.25, 0.3) is 0 Å². The summed E-state index contributed by atoms with van der Waals surface area (Å²) in [5, 5.41) is 9.71. The molecule has 0 aromatic heterocycles. The van der Waals surface area contributed by atoms with Crippen LogP contribution < -0.4 is 0 Å². The van der Waals surface area contributed by atoms with E-state index < -0.39 is 5.97 Å². The molecule has 0 amide bonds. The Morgan fingerprint density at radius 2 is 2.20 bits per heavy atom. The van der Waals surface area contributed by atoms with Gasteiger partial charge in [-0.1, -0.05) is 20.3 Å². The molecule has 4 heteroatoms. The predicted octanol–water partition coefficient (Wildman–Crippen LogP) is 3.07. The monoisotopic (exact) mass is 248 g/mol. The maximum atomic E-state index is 11.1. The first-order valence-corrected chi connectivity index (χ1v) is 7.03. The molecule has 88 valence electrons. The summed E-state index contributed by atoms with van der Waals surface area (Å²) >= 11 is 6.13. The van der Waals surface area contributed by atoms with E-state index in [1.165, 1.54) is 6.42 Å². The van der Waals surface area contributed by atoms with Gasteiger partial charge in [-0.2, -0.15) is 12.6 Å². The molecule has 15 heavy (non-hydrogen) atoms. The highest BCUT2D eigenvalue weighted by Crippen LogP contribution is 2.37. The average molecular weight is 248 g/mol. The fraction of sp³-hybridized carbons (Fsp3) is 0.909. The van der Waals surface area contributed by atoms with Crippen molar-refractivity contribution in [2.45, 2.75) is 55.3 Å². The Hall–Kier alpha value is 0.170. The molecule has 0 heterocycles. The van der Waals surface area contributed by atoms with Gasteiger partial charge >= 0.3 is 5.97 Å². The van der Waals surface area contributed by atoms with Gasteiger partial charge in [-0.25, -0.2) is 0 Å². The molecule has 1 fully saturated rings. The molecule has 1 aliphatic carbocycles. The zero-order chi connectivity index (χ0) is 11.4. The average Bonchev–Trinajstić information content (AvgIpc) is 2.50. The molecule has 0 aromatic rings. The molecule has 1 saturated carbocycles. The highest BCUT2D eigenvalue weighted by Gasteiger charge is 2.30. The maximum absolute atomic E-state index is 11.1. The summed E-state index contributed by atoms with van der Waals surface area (Å²) in [4.78, 5) is 11.1. The van der Waals surface area contributed by atoms with Gasteiger partial charge in [-0.15, -0.1) is 11.8 Å². The van der Waals surface area contributed by atoms with Crippen LogP contribution in [0.4, 0.5) is 0 Å². The number of carboxylic acid groups (broad SMARTS) is 1. The van der Waals surface area contributed by atoms with Crippen LogP contribution in [0.25, 0.3) is 0 Å². The van der Waals surface area contributed by atoms with Crippen LogP contribution in [-0.2, 0) is 4.79 Å². The number of hydrogen-bond donors (Lipinski definition) is 2. The maximum Gasteiger partial charge on any atom is 0.316 e. The van der Waals surface area contributed by atoms with Crippen LogP contribution in [0.5, 0.6) is 0 Å². The highest BCUT2D eigenvalue weighted by molar-refractivity contribution is 8.02. The SMILES string of the molecule is CC(C)C[C@@H](S[C@H]1CCC[C@H]1S)C(=O)O. The summed E-state index contributed by atoms with van der Waals surface area (Å²) in [5.74, 6) is -0.223. The predicted molar refractivity (Wildman–Crippen MR) is 68.9 cm³/mol. The van der Waals surface area contributed by atoms with E-state index in [0.29, 0.717) is 16.4 Å². The number of carboxylic acids is 1. The minimum atomic E-state index is -0.666. The normalized spacial score (nSPS) is 28.3. The van der Waals surface area contributed by atoms with Gasteiger partial charge in [0.05, 0.1) is 0 Å². The first-order chi connectivity index (χ1) is 7.00. The van der Waals surface area contributed by atoms with Crippen LogP contribution in [0.2, 0.25) is 0 Å². The number of aliphatic carboxylic acids is 1. The van der Waals surface area contributed by atoms with Crippen molar-refractivity contribution < 1.29 is 9.90 Å². The molecule has 0 aromatic carbocycles. The van der Waals surface area contributed by atoms with Crippen LogP contribution >= 0.6 is 24.4 Å². The van der Waals surface area contributed by atoms with E-state index in [1.54, 1.807) is 11.8 Å². The van der Waals surface area contributed by atoms with E-state index in [4.69, 9.17) is 5.11 Å². The van der Waals surface area contributed by atoms with E-state index in [9.17, 15) is 4.79 Å². The van der Waals surface area contributed by atoms with Crippen molar-refractivity contribution in [1.82, 2.24) is 0 Å². The van der Waals surface area contributed by atoms with Crippen molar-refractivity contribution in [3.8, 4) is 0 Å². The van der Waals surface area contributed by atoms with Crippen LogP contribution in [0.1, 0.15) is 39.5 Å². The Kier molecular flexibility index (Phi) is 5.33. The van der Waals surface area contributed by atoms with E-state index >= 15 is 0 Å². The zero-order valence-electron chi connectivity index (χ0n) is 9.35. The van der Waals surface area contributed by atoms with Crippen molar-refractivity contribution in [3.05, 3.63) is 0 Å². The summed E-state index contributed by atoms with van der Waals surface area (Å²) in [7, 11) is 0. The highest BCUT2D eigenvalue weighted by atomic mass is 32.2. The van der Waals surface area contributed by atoms with Gasteiger partial charge in [-0.05, 0) is 25.2 Å². The third kappa shape index (κ3) is 4.27. The molecule has 1 rings (SSSR count). The topological polar surface area (TPSA) is 37.3 Å². The number of thiol groups is 1. The molecule has 1 N–H and O–H groups in total. The van der Waals surface area contributed by atoms with Crippen LogP contribution in [-0.4, -0.2) is 26.8 Å². The number of carbonyl (C=O) groups is 1. The van der Waals surface area contributed by atoms with E-state index in [0.717, 1.165) is 19.3 Å². The second-order valence-corrected chi connectivity index (χ2v) is 6.74. The van der Waals surface area contributed by atoms with Gasteiger partial charge in [0, 0.05) is 10.5 Å². The fourth-order valence-electron chi connectivity index (χ4n) is 1.92. The summed E-state index contributed by atoms with van der Waals surface area (Å²) in [6.07, 6.45) is 4.21. The lowest BCUT2D eigenvalue weighted by atomic mass is 10.1. The lowest BCUT2D eigenvalue weighted by molar-refractivity contribution is -0.136. The van der Waals surface area contributed by atoms with E-state index in [1.807, 2.05) is 0 Å². The second kappa shape index (κ2) is 6.04. The molecule has 0 radical (unpaired) electrons. The molecule has 0 aliphatic heterocycles. The standard InChI is InChI=1S/C11H20O2S2/c1-7(2)6-10(11(12)13)15-9-5-3-4-8(9)14/h7-10,14H,3-6H2,1-2H3,(H,12,13)/t8-,9+,10-/m1/s1. The molecule has 2 nitrogen and oxygen atoms in total. The Morgan fingerprint density at radius 3 is 2.60 bits per heavy atom. The largest absolute Gasteiger partial charge is 0.480 e. The van der Waals surface area contributed by atoms with Crippen molar-refractivity contribution in [1.29, 1.82) is 0 Å². The third-order valence-electron chi connectivity index (χ3n) is 2.72. The lowest BCUT2D eigenvalue weighted by Gasteiger charge is -2.20. The van der Waals surface area contributed by atoms with E-state index in [2.05, 4.69) is 26.5 Å². The molecule has 0 spiro atoms. The van der Waals surface area contributed by atoms with Crippen LogP contribution in [0, 0.1) is 5.92 Å². The number of hydrogen-bond acceptors (Lipinski definition) is 3.